The average molecular weight is 350 g/mol. The van der Waals surface area contributed by atoms with Crippen molar-refractivity contribution in [2.75, 3.05) is 0 Å². The van der Waals surface area contributed by atoms with Crippen molar-refractivity contribution in [3.8, 4) is 18.2 Å². The zero-order chi connectivity index (χ0) is 18.6. The molecule has 130 valence electrons. The minimum atomic E-state index is -1.95. The van der Waals surface area contributed by atoms with E-state index in [9.17, 15) is 20.2 Å². The van der Waals surface area contributed by atoms with E-state index in [2.05, 4.69) is 12.1 Å². The largest absolute Gasteiger partial charge is 0.447 e. The second kappa shape index (κ2) is 5.27. The van der Waals surface area contributed by atoms with Crippen LogP contribution in [0.25, 0.3) is 0 Å². The van der Waals surface area contributed by atoms with Crippen molar-refractivity contribution in [1.82, 2.24) is 0 Å². The number of hydrogen-bond donors (Lipinski definition) is 1. The van der Waals surface area contributed by atoms with Gasteiger partial charge in [0.05, 0.1) is 24.1 Å². The zero-order valence-electron chi connectivity index (χ0n) is 13.8. The Morgan fingerprint density at radius 1 is 1.15 bits per heavy atom. The Labute approximate surface area is 149 Å². The van der Waals surface area contributed by atoms with Crippen LogP contribution >= 0.6 is 0 Å². The molecule has 7 heteroatoms. The van der Waals surface area contributed by atoms with E-state index in [0.717, 1.165) is 12.8 Å². The third-order valence-electron chi connectivity index (χ3n) is 5.97. The Bertz CT molecular complexity index is 913. The van der Waals surface area contributed by atoms with Crippen LogP contribution in [0.3, 0.4) is 0 Å². The molecule has 26 heavy (non-hydrogen) atoms. The van der Waals surface area contributed by atoms with Gasteiger partial charge in [-0.15, -0.1) is 0 Å². The third-order valence-corrected chi connectivity index (χ3v) is 5.97. The third kappa shape index (κ3) is 1.68. The molecule has 4 aliphatic rings. The summed E-state index contributed by atoms with van der Waals surface area (Å²) < 4.78 is 25.8. The second-order valence-electron chi connectivity index (χ2n) is 7.05. The summed E-state index contributed by atoms with van der Waals surface area (Å²) in [5.74, 6) is -2.92. The standard InChI is InChI=1S/C19H15FN4O2/c20-13-5-3-4-12(8-13)15-18(11-23)16(24)26-19(25-15)7-2-1-6-14(19)17(18,9-21)10-22/h3-5,8,14-15,24H,1-2,6-7H2/t14-,15-,18-,19+/m1/s1. The Hall–Kier alpha value is -2.95. The molecule has 2 bridgehead atoms. The Morgan fingerprint density at radius 2 is 1.92 bits per heavy atom. The number of nitriles is 3. The van der Waals surface area contributed by atoms with Gasteiger partial charge in [-0.25, -0.2) is 4.39 Å². The number of benzene rings is 1. The van der Waals surface area contributed by atoms with Crippen molar-refractivity contribution in [2.24, 2.45) is 16.7 Å². The first-order chi connectivity index (χ1) is 12.5. The Morgan fingerprint density at radius 3 is 2.58 bits per heavy atom. The predicted molar refractivity (Wildman–Crippen MR) is 85.4 cm³/mol. The van der Waals surface area contributed by atoms with Crippen LogP contribution in [0, 0.1) is 62.0 Å². The van der Waals surface area contributed by atoms with Gasteiger partial charge >= 0.3 is 0 Å². The Kier molecular flexibility index (Phi) is 3.35. The molecule has 0 unspecified atom stereocenters. The van der Waals surface area contributed by atoms with Crippen LogP contribution in [-0.2, 0) is 9.47 Å². The van der Waals surface area contributed by atoms with E-state index in [4.69, 9.17) is 14.9 Å². The number of hydrogen-bond acceptors (Lipinski definition) is 6. The topological polar surface area (TPSA) is 114 Å². The molecule has 6 nitrogen and oxygen atoms in total. The van der Waals surface area contributed by atoms with Crippen molar-refractivity contribution in [1.29, 1.82) is 21.2 Å². The molecule has 3 heterocycles. The van der Waals surface area contributed by atoms with Crippen molar-refractivity contribution in [3.05, 3.63) is 35.6 Å². The molecule has 1 aliphatic carbocycles. The maximum Gasteiger partial charge on any atom is 0.218 e. The van der Waals surface area contributed by atoms with Crippen molar-refractivity contribution in [3.63, 3.8) is 0 Å². The molecular formula is C19H15FN4O2. The van der Waals surface area contributed by atoms with E-state index < -0.39 is 40.4 Å². The predicted octanol–water partition coefficient (Wildman–Crippen LogP) is 3.33. The van der Waals surface area contributed by atoms with Gasteiger partial charge in [0.15, 0.2) is 10.8 Å². The number of halogens is 1. The summed E-state index contributed by atoms with van der Waals surface area (Å²) in [4.78, 5) is 0. The number of fused-ring (bicyclic) bond motifs is 2. The fraction of sp³-hybridized carbons (Fsp3) is 0.474. The van der Waals surface area contributed by atoms with Crippen LogP contribution in [0.4, 0.5) is 4.39 Å². The molecule has 4 fully saturated rings. The maximum atomic E-state index is 13.8. The van der Waals surface area contributed by atoms with E-state index in [1.54, 1.807) is 6.07 Å². The first-order valence-electron chi connectivity index (χ1n) is 8.45. The van der Waals surface area contributed by atoms with Gasteiger partial charge in [-0.05, 0) is 30.5 Å². The van der Waals surface area contributed by atoms with E-state index in [1.807, 2.05) is 6.07 Å². The minimum absolute atomic E-state index is 0.317. The van der Waals surface area contributed by atoms with Crippen molar-refractivity contribution in [2.45, 2.75) is 37.6 Å². The highest BCUT2D eigenvalue weighted by molar-refractivity contribution is 5.89. The smallest absolute Gasteiger partial charge is 0.218 e. The maximum absolute atomic E-state index is 13.8. The van der Waals surface area contributed by atoms with Crippen LogP contribution in [0.2, 0.25) is 0 Å². The molecular weight excluding hydrogens is 335 g/mol. The summed E-state index contributed by atoms with van der Waals surface area (Å²) in [5, 5.41) is 38.5. The summed E-state index contributed by atoms with van der Waals surface area (Å²) in [6, 6.07) is 11.6. The molecule has 1 N–H and O–H groups in total. The van der Waals surface area contributed by atoms with Gasteiger partial charge in [0.1, 0.15) is 11.9 Å². The van der Waals surface area contributed by atoms with E-state index in [0.29, 0.717) is 18.4 Å². The molecule has 5 rings (SSSR count). The van der Waals surface area contributed by atoms with Gasteiger partial charge in [-0.2, -0.15) is 15.8 Å². The highest BCUT2D eigenvalue weighted by Crippen LogP contribution is 2.69. The number of nitrogens with zero attached hydrogens (tertiary/aromatic N) is 3. The van der Waals surface area contributed by atoms with Crippen LogP contribution in [0.15, 0.2) is 24.3 Å². The second-order valence-corrected chi connectivity index (χ2v) is 7.05. The minimum Gasteiger partial charge on any atom is -0.447 e. The summed E-state index contributed by atoms with van der Waals surface area (Å²) >= 11 is 0. The van der Waals surface area contributed by atoms with E-state index in [1.165, 1.54) is 18.2 Å². The quantitative estimate of drug-likeness (QED) is 0.834. The normalized spacial score (nSPS) is 36.8. The Balaban J connectivity index is 2.02. The molecule has 1 aromatic carbocycles. The number of nitrogens with one attached hydrogen (secondary N) is 1. The van der Waals surface area contributed by atoms with Crippen LogP contribution in [0.5, 0.6) is 0 Å². The SMILES string of the molecule is N#CC1(C#N)[C@H]2CCCC[C@]23OC(=N)[C@@]1(C#N)[C@@H](c1cccc(F)c1)O3. The summed E-state index contributed by atoms with van der Waals surface area (Å²) in [5.41, 5.74) is -3.43. The lowest BCUT2D eigenvalue weighted by molar-refractivity contribution is -0.360. The lowest BCUT2D eigenvalue weighted by Crippen LogP contribution is -2.73. The highest BCUT2D eigenvalue weighted by Gasteiger charge is 2.80. The van der Waals surface area contributed by atoms with Gasteiger partial charge in [0.2, 0.25) is 11.7 Å². The zero-order valence-corrected chi connectivity index (χ0v) is 13.8. The van der Waals surface area contributed by atoms with Crippen molar-refractivity contribution >= 4 is 5.90 Å². The van der Waals surface area contributed by atoms with Gasteiger partial charge in [0.25, 0.3) is 0 Å². The molecule has 0 amide bonds. The lowest BCUT2D eigenvalue weighted by Gasteiger charge is -2.63. The number of rotatable bonds is 1. The van der Waals surface area contributed by atoms with Crippen LogP contribution in [-0.4, -0.2) is 11.7 Å². The van der Waals surface area contributed by atoms with Gasteiger partial charge in [0, 0.05) is 6.42 Å². The number of ether oxygens (including phenoxy) is 2. The molecule has 0 aromatic heterocycles. The fourth-order valence-electron chi connectivity index (χ4n) is 4.81. The van der Waals surface area contributed by atoms with Gasteiger partial charge < -0.3 is 9.47 Å². The lowest BCUT2D eigenvalue weighted by atomic mass is 9.48. The van der Waals surface area contributed by atoms with Crippen molar-refractivity contribution < 1.29 is 13.9 Å². The average Bonchev–Trinajstić information content (AvgIpc) is 2.66. The monoisotopic (exact) mass is 350 g/mol. The highest BCUT2D eigenvalue weighted by atomic mass is 19.1. The fourth-order valence-corrected chi connectivity index (χ4v) is 4.81. The van der Waals surface area contributed by atoms with Crippen LogP contribution in [0.1, 0.15) is 37.4 Å². The molecule has 1 spiro atoms. The van der Waals surface area contributed by atoms with E-state index >= 15 is 0 Å². The summed E-state index contributed by atoms with van der Waals surface area (Å²) in [7, 11) is 0. The molecule has 4 atom stereocenters. The first kappa shape index (κ1) is 16.5. The van der Waals surface area contributed by atoms with Crippen LogP contribution < -0.4 is 0 Å². The summed E-state index contributed by atoms with van der Waals surface area (Å²) in [6.07, 6.45) is 1.32. The van der Waals surface area contributed by atoms with Gasteiger partial charge in [-0.1, -0.05) is 18.6 Å². The summed E-state index contributed by atoms with van der Waals surface area (Å²) in [6.45, 7) is 0. The molecule has 0 radical (unpaired) electrons. The first-order valence-corrected chi connectivity index (χ1v) is 8.45. The molecule has 3 aliphatic heterocycles. The van der Waals surface area contributed by atoms with E-state index in [-0.39, 0.29) is 0 Å². The molecule has 1 saturated carbocycles. The molecule has 3 saturated heterocycles. The molecule has 1 aromatic rings. The van der Waals surface area contributed by atoms with Gasteiger partial charge in [-0.3, -0.25) is 5.41 Å².